The van der Waals surface area contributed by atoms with E-state index in [1.54, 1.807) is 12.2 Å². The van der Waals surface area contributed by atoms with Gasteiger partial charge >= 0.3 is 0 Å². The first-order valence-electron chi connectivity index (χ1n) is 5.28. The van der Waals surface area contributed by atoms with Gasteiger partial charge < -0.3 is 5.11 Å². The van der Waals surface area contributed by atoms with E-state index in [4.69, 9.17) is 11.6 Å². The minimum atomic E-state index is -0.780. The van der Waals surface area contributed by atoms with Crippen LogP contribution in [0.1, 0.15) is 18.4 Å². The molecule has 2 heteroatoms. The molecule has 0 saturated heterocycles. The van der Waals surface area contributed by atoms with E-state index in [9.17, 15) is 5.11 Å². The van der Waals surface area contributed by atoms with Crippen molar-refractivity contribution in [1.29, 1.82) is 0 Å². The van der Waals surface area contributed by atoms with Crippen LogP contribution < -0.4 is 0 Å². The molecule has 1 N–H and O–H groups in total. The molecule has 0 radical (unpaired) electrons. The highest BCUT2D eigenvalue weighted by Gasteiger charge is 2.23. The molecule has 0 atom stereocenters. The zero-order chi connectivity index (χ0) is 12.0. The largest absolute Gasteiger partial charge is 0.389 e. The van der Waals surface area contributed by atoms with Crippen LogP contribution in [0.5, 0.6) is 0 Å². The lowest BCUT2D eigenvalue weighted by atomic mass is 9.88. The maximum atomic E-state index is 10.4. The Morgan fingerprint density at radius 1 is 1.12 bits per heavy atom. The van der Waals surface area contributed by atoms with Gasteiger partial charge in [0.05, 0.1) is 5.60 Å². The fraction of sp³-hybridized carbons (Fsp3) is 0.286. The van der Waals surface area contributed by atoms with E-state index in [1.807, 2.05) is 24.3 Å². The predicted octanol–water partition coefficient (Wildman–Crippen LogP) is 3.77. The number of halogens is 1. The first kappa shape index (κ1) is 13.0. The molecule has 0 unspecified atom stereocenters. The van der Waals surface area contributed by atoms with Gasteiger partial charge in [0.2, 0.25) is 0 Å². The summed E-state index contributed by atoms with van der Waals surface area (Å²) in [7, 11) is 0. The number of hydrogen-bond donors (Lipinski definition) is 1. The molecule has 0 heterocycles. The van der Waals surface area contributed by atoms with E-state index in [0.717, 1.165) is 5.56 Å². The van der Waals surface area contributed by atoms with Crippen LogP contribution in [0.15, 0.2) is 49.6 Å². The topological polar surface area (TPSA) is 20.2 Å². The molecule has 1 nitrogen and oxygen atoms in total. The number of aliphatic hydroxyl groups is 1. The highest BCUT2D eigenvalue weighted by Crippen LogP contribution is 2.23. The second-order valence-electron chi connectivity index (χ2n) is 4.01. The third-order valence-electron chi connectivity index (χ3n) is 2.50. The van der Waals surface area contributed by atoms with Gasteiger partial charge in [-0.2, -0.15) is 0 Å². The van der Waals surface area contributed by atoms with Crippen molar-refractivity contribution in [3.63, 3.8) is 0 Å². The molecule has 0 saturated carbocycles. The van der Waals surface area contributed by atoms with E-state index < -0.39 is 5.60 Å². The summed E-state index contributed by atoms with van der Waals surface area (Å²) in [6.45, 7) is 7.34. The molecule has 0 bridgehead atoms. The minimum absolute atomic E-state index is 0.557. The van der Waals surface area contributed by atoms with Crippen molar-refractivity contribution in [2.75, 3.05) is 0 Å². The summed E-state index contributed by atoms with van der Waals surface area (Å²) in [6, 6.07) is 7.53. The van der Waals surface area contributed by atoms with Crippen LogP contribution in [0.3, 0.4) is 0 Å². The van der Waals surface area contributed by atoms with Crippen LogP contribution in [0.25, 0.3) is 0 Å². The summed E-state index contributed by atoms with van der Waals surface area (Å²) >= 11 is 5.81. The van der Waals surface area contributed by atoms with E-state index in [-0.39, 0.29) is 0 Å². The quantitative estimate of drug-likeness (QED) is 0.746. The van der Waals surface area contributed by atoms with E-state index in [2.05, 4.69) is 13.2 Å². The summed E-state index contributed by atoms with van der Waals surface area (Å²) in [5.41, 5.74) is 0.285. The van der Waals surface area contributed by atoms with Crippen molar-refractivity contribution >= 4 is 11.6 Å². The summed E-state index contributed by atoms with van der Waals surface area (Å²) < 4.78 is 0. The molecule has 0 aliphatic carbocycles. The lowest BCUT2D eigenvalue weighted by Gasteiger charge is -2.25. The molecular weight excluding hydrogens is 220 g/mol. The second kappa shape index (κ2) is 5.88. The van der Waals surface area contributed by atoms with Gasteiger partial charge in [0.1, 0.15) is 0 Å². The summed E-state index contributed by atoms with van der Waals surface area (Å²) in [5.74, 6) is 0. The van der Waals surface area contributed by atoms with Crippen LogP contribution in [0.2, 0.25) is 5.02 Å². The molecule has 0 amide bonds. The van der Waals surface area contributed by atoms with Crippen LogP contribution in [-0.4, -0.2) is 10.7 Å². The molecule has 0 spiro atoms. The Morgan fingerprint density at radius 3 is 2.06 bits per heavy atom. The molecule has 86 valence electrons. The SMILES string of the molecule is C=CCC(O)(CC=C)Cc1ccc(Cl)cc1. The third kappa shape index (κ3) is 3.84. The summed E-state index contributed by atoms with van der Waals surface area (Å²) in [4.78, 5) is 0. The Labute approximate surface area is 102 Å². The van der Waals surface area contributed by atoms with Gasteiger partial charge in [-0.25, -0.2) is 0 Å². The predicted molar refractivity (Wildman–Crippen MR) is 69.7 cm³/mol. The van der Waals surface area contributed by atoms with Gasteiger partial charge in [-0.1, -0.05) is 35.9 Å². The molecule has 0 aliphatic heterocycles. The smallest absolute Gasteiger partial charge is 0.0756 e. The molecule has 1 aromatic rings. The first-order chi connectivity index (χ1) is 7.59. The van der Waals surface area contributed by atoms with E-state index >= 15 is 0 Å². The molecule has 1 rings (SSSR count). The monoisotopic (exact) mass is 236 g/mol. The zero-order valence-electron chi connectivity index (χ0n) is 9.32. The highest BCUT2D eigenvalue weighted by molar-refractivity contribution is 6.30. The lowest BCUT2D eigenvalue weighted by Crippen LogP contribution is -2.30. The Kier molecular flexibility index (Phi) is 4.78. The van der Waals surface area contributed by atoms with Crippen molar-refractivity contribution in [3.8, 4) is 0 Å². The number of benzene rings is 1. The highest BCUT2D eigenvalue weighted by atomic mass is 35.5. The van der Waals surface area contributed by atoms with Crippen LogP contribution >= 0.6 is 11.6 Å². The Bertz CT molecular complexity index is 344. The standard InChI is InChI=1S/C14H17ClO/c1-3-9-14(16,10-4-2)11-12-5-7-13(15)8-6-12/h3-8,16H,1-2,9-11H2. The van der Waals surface area contributed by atoms with Crippen LogP contribution in [0, 0.1) is 0 Å². The fourth-order valence-electron chi connectivity index (χ4n) is 1.75. The Morgan fingerprint density at radius 2 is 1.62 bits per heavy atom. The normalized spacial score (nSPS) is 11.1. The van der Waals surface area contributed by atoms with Gasteiger partial charge in [0, 0.05) is 11.4 Å². The number of hydrogen-bond acceptors (Lipinski definition) is 1. The van der Waals surface area contributed by atoms with Crippen molar-refractivity contribution in [2.45, 2.75) is 24.9 Å². The first-order valence-corrected chi connectivity index (χ1v) is 5.66. The summed E-state index contributed by atoms with van der Waals surface area (Å²) in [6.07, 6.45) is 5.17. The molecular formula is C14H17ClO. The maximum absolute atomic E-state index is 10.4. The summed E-state index contributed by atoms with van der Waals surface area (Å²) in [5, 5.41) is 11.1. The second-order valence-corrected chi connectivity index (χ2v) is 4.45. The lowest BCUT2D eigenvalue weighted by molar-refractivity contribution is 0.0467. The van der Waals surface area contributed by atoms with Gasteiger partial charge in [0.15, 0.2) is 0 Å². The van der Waals surface area contributed by atoms with Gasteiger partial charge in [0.25, 0.3) is 0 Å². The maximum Gasteiger partial charge on any atom is 0.0756 e. The van der Waals surface area contributed by atoms with E-state index in [0.29, 0.717) is 24.3 Å². The van der Waals surface area contributed by atoms with Crippen LogP contribution in [-0.2, 0) is 6.42 Å². The third-order valence-corrected chi connectivity index (χ3v) is 2.75. The average molecular weight is 237 g/mol. The van der Waals surface area contributed by atoms with Crippen molar-refractivity contribution in [3.05, 3.63) is 60.2 Å². The minimum Gasteiger partial charge on any atom is -0.389 e. The van der Waals surface area contributed by atoms with Crippen molar-refractivity contribution in [1.82, 2.24) is 0 Å². The number of rotatable bonds is 6. The molecule has 0 fully saturated rings. The van der Waals surface area contributed by atoms with Crippen molar-refractivity contribution < 1.29 is 5.11 Å². The Balaban J connectivity index is 2.78. The molecule has 16 heavy (non-hydrogen) atoms. The van der Waals surface area contributed by atoms with Gasteiger partial charge in [-0.15, -0.1) is 13.2 Å². The van der Waals surface area contributed by atoms with Gasteiger partial charge in [-0.05, 0) is 30.5 Å². The molecule has 1 aromatic carbocycles. The average Bonchev–Trinajstić information content (AvgIpc) is 2.22. The van der Waals surface area contributed by atoms with Crippen LogP contribution in [0.4, 0.5) is 0 Å². The molecule has 0 aliphatic rings. The Hall–Kier alpha value is -1.05. The fourth-order valence-corrected chi connectivity index (χ4v) is 1.87. The van der Waals surface area contributed by atoms with Gasteiger partial charge in [-0.3, -0.25) is 0 Å². The zero-order valence-corrected chi connectivity index (χ0v) is 10.1. The van der Waals surface area contributed by atoms with E-state index in [1.165, 1.54) is 0 Å². The van der Waals surface area contributed by atoms with Crippen molar-refractivity contribution in [2.24, 2.45) is 0 Å². The molecule has 0 aromatic heterocycles.